The molecule has 5 nitrogen and oxygen atoms in total. The maximum atomic E-state index is 5.66. The number of nitrogens with zero attached hydrogens (tertiary/aromatic N) is 4. The molecule has 0 fully saturated rings. The Morgan fingerprint density at radius 3 is 2.08 bits per heavy atom. The minimum absolute atomic E-state index is 0.00943. The minimum Gasteiger partial charge on any atom is -0.456 e. The highest BCUT2D eigenvalue weighted by Gasteiger charge is 2.10. The Kier molecular flexibility index (Phi) is 4.57. The molecule has 4 aliphatic carbocycles. The van der Waals surface area contributed by atoms with Gasteiger partial charge in [-0.3, -0.25) is 0 Å². The average molecular weight is 353 g/mol. The smallest absolute Gasteiger partial charge is 0.355 e. The standard InChI is InChI=1S/C19H17ClN4O/c20-18-21-23-19(24-22-18)25-12-17-11-15-6-5-13-1-3-14(4-2-13)7-9-16(17)10-8-15/h1-4,8,10-11H,5-7,9,12H2. The first-order valence-electron chi connectivity index (χ1n) is 8.30. The van der Waals surface area contributed by atoms with Gasteiger partial charge in [0.25, 0.3) is 5.28 Å². The van der Waals surface area contributed by atoms with Crippen LogP contribution in [0.4, 0.5) is 0 Å². The molecule has 0 aliphatic heterocycles. The highest BCUT2D eigenvalue weighted by atomic mass is 35.5. The summed E-state index contributed by atoms with van der Waals surface area (Å²) in [6.45, 7) is 0.395. The zero-order valence-corrected chi connectivity index (χ0v) is 14.4. The van der Waals surface area contributed by atoms with Gasteiger partial charge in [-0.15, -0.1) is 10.2 Å². The molecule has 0 spiro atoms. The van der Waals surface area contributed by atoms with E-state index in [-0.39, 0.29) is 11.3 Å². The molecule has 0 unspecified atom stereocenters. The molecule has 0 radical (unpaired) electrons. The predicted molar refractivity (Wildman–Crippen MR) is 94.7 cm³/mol. The molecule has 4 bridgehead atoms. The Hall–Kier alpha value is -2.53. The van der Waals surface area contributed by atoms with Crippen LogP contribution in [-0.4, -0.2) is 20.4 Å². The van der Waals surface area contributed by atoms with Crippen LogP contribution in [-0.2, 0) is 32.3 Å². The molecule has 0 N–H and O–H groups in total. The molecule has 3 aromatic rings. The summed E-state index contributed by atoms with van der Waals surface area (Å²) in [7, 11) is 0. The van der Waals surface area contributed by atoms with Gasteiger partial charge in [0, 0.05) is 0 Å². The fourth-order valence-corrected chi connectivity index (χ4v) is 3.14. The fraction of sp³-hybridized carbons (Fsp3) is 0.263. The summed E-state index contributed by atoms with van der Waals surface area (Å²) in [6, 6.07) is 15.7. The van der Waals surface area contributed by atoms with Crippen molar-refractivity contribution in [3.05, 3.63) is 75.6 Å². The third-order valence-electron chi connectivity index (χ3n) is 4.47. The molecule has 4 aliphatic rings. The minimum atomic E-state index is 0.00943. The Morgan fingerprint density at radius 2 is 1.36 bits per heavy atom. The van der Waals surface area contributed by atoms with E-state index in [0.717, 1.165) is 31.2 Å². The van der Waals surface area contributed by atoms with E-state index in [9.17, 15) is 0 Å². The van der Waals surface area contributed by atoms with E-state index in [1.165, 1.54) is 22.3 Å². The number of ether oxygens (including phenoxy) is 1. The van der Waals surface area contributed by atoms with E-state index in [1.807, 2.05) is 0 Å². The molecule has 126 valence electrons. The van der Waals surface area contributed by atoms with Gasteiger partial charge in [0.15, 0.2) is 0 Å². The molecule has 7 rings (SSSR count). The van der Waals surface area contributed by atoms with Crippen LogP contribution in [0.5, 0.6) is 6.01 Å². The summed E-state index contributed by atoms with van der Waals surface area (Å²) < 4.78 is 5.66. The van der Waals surface area contributed by atoms with E-state index in [0.29, 0.717) is 6.61 Å². The highest BCUT2D eigenvalue weighted by molar-refractivity contribution is 6.28. The Morgan fingerprint density at radius 1 is 0.760 bits per heavy atom. The van der Waals surface area contributed by atoms with E-state index in [1.54, 1.807) is 0 Å². The Balaban J connectivity index is 1.56. The number of aryl methyl sites for hydroxylation is 4. The maximum Gasteiger partial charge on any atom is 0.355 e. The zero-order valence-electron chi connectivity index (χ0n) is 13.7. The lowest BCUT2D eigenvalue weighted by atomic mass is 9.93. The van der Waals surface area contributed by atoms with Crippen molar-refractivity contribution < 1.29 is 4.74 Å². The molecule has 0 amide bonds. The number of benzene rings is 2. The van der Waals surface area contributed by atoms with Crippen LogP contribution in [0.2, 0.25) is 5.28 Å². The first kappa shape index (κ1) is 16.0. The molecule has 0 saturated heterocycles. The second-order valence-corrected chi connectivity index (χ2v) is 6.50. The number of hydrogen-bond donors (Lipinski definition) is 0. The summed E-state index contributed by atoms with van der Waals surface area (Å²) in [6.07, 6.45) is 4.02. The second kappa shape index (κ2) is 7.15. The lowest BCUT2D eigenvalue weighted by molar-refractivity contribution is 0.270. The van der Waals surface area contributed by atoms with Crippen LogP contribution in [0.1, 0.15) is 27.8 Å². The normalized spacial score (nSPS) is 13.3. The lowest BCUT2D eigenvalue weighted by Crippen LogP contribution is -2.07. The first-order valence-corrected chi connectivity index (χ1v) is 8.68. The first-order chi connectivity index (χ1) is 12.3. The summed E-state index contributed by atoms with van der Waals surface area (Å²) in [5, 5.41) is 14.9. The molecular formula is C19H17ClN4O. The van der Waals surface area contributed by atoms with E-state index in [2.05, 4.69) is 62.9 Å². The quantitative estimate of drug-likeness (QED) is 0.723. The van der Waals surface area contributed by atoms with Crippen LogP contribution >= 0.6 is 11.6 Å². The van der Waals surface area contributed by atoms with Crippen LogP contribution in [0.25, 0.3) is 0 Å². The Bertz CT molecular complexity index is 866. The molecule has 0 saturated carbocycles. The van der Waals surface area contributed by atoms with E-state index < -0.39 is 0 Å². The van der Waals surface area contributed by atoms with Gasteiger partial charge in [-0.1, -0.05) is 52.7 Å². The van der Waals surface area contributed by atoms with Gasteiger partial charge in [-0.2, -0.15) is 0 Å². The van der Waals surface area contributed by atoms with Gasteiger partial charge in [-0.05, 0) is 65.1 Å². The van der Waals surface area contributed by atoms with Crippen molar-refractivity contribution in [2.45, 2.75) is 32.3 Å². The largest absolute Gasteiger partial charge is 0.456 e. The predicted octanol–water partition coefficient (Wildman–Crippen LogP) is 3.38. The number of hydrogen-bond acceptors (Lipinski definition) is 5. The molecular weight excluding hydrogens is 336 g/mol. The van der Waals surface area contributed by atoms with Crippen molar-refractivity contribution in [2.24, 2.45) is 0 Å². The monoisotopic (exact) mass is 352 g/mol. The fourth-order valence-electron chi connectivity index (χ4n) is 3.06. The second-order valence-electron chi connectivity index (χ2n) is 6.16. The van der Waals surface area contributed by atoms with Gasteiger partial charge in [0.2, 0.25) is 0 Å². The lowest BCUT2D eigenvalue weighted by Gasteiger charge is -2.14. The van der Waals surface area contributed by atoms with Crippen LogP contribution < -0.4 is 4.74 Å². The summed E-state index contributed by atoms with van der Waals surface area (Å²) in [5.41, 5.74) is 6.47. The van der Waals surface area contributed by atoms with Crippen molar-refractivity contribution in [3.8, 4) is 6.01 Å². The third kappa shape index (κ3) is 3.94. The van der Waals surface area contributed by atoms with Gasteiger partial charge in [-0.25, -0.2) is 0 Å². The average Bonchev–Trinajstić information content (AvgIpc) is 2.64. The molecule has 1 aromatic heterocycles. The number of aromatic nitrogens is 4. The topological polar surface area (TPSA) is 60.8 Å². The van der Waals surface area contributed by atoms with Crippen molar-refractivity contribution in [3.63, 3.8) is 0 Å². The van der Waals surface area contributed by atoms with Gasteiger partial charge in [0.05, 0.1) is 0 Å². The molecule has 2 aromatic carbocycles. The Labute approximate surface area is 151 Å². The number of rotatable bonds is 3. The van der Waals surface area contributed by atoms with Gasteiger partial charge in [0.1, 0.15) is 6.61 Å². The summed E-state index contributed by atoms with van der Waals surface area (Å²) >= 11 is 5.60. The zero-order chi connectivity index (χ0) is 17.1. The number of halogens is 1. The van der Waals surface area contributed by atoms with Crippen molar-refractivity contribution >= 4 is 11.6 Å². The van der Waals surface area contributed by atoms with Crippen molar-refractivity contribution in [2.75, 3.05) is 0 Å². The molecule has 1 heterocycles. The third-order valence-corrected chi connectivity index (χ3v) is 4.62. The van der Waals surface area contributed by atoms with Gasteiger partial charge < -0.3 is 4.74 Å². The van der Waals surface area contributed by atoms with Crippen LogP contribution in [0.15, 0.2) is 42.5 Å². The molecule has 0 atom stereocenters. The molecule has 6 heteroatoms. The summed E-state index contributed by atoms with van der Waals surface area (Å²) in [4.78, 5) is 0. The highest BCUT2D eigenvalue weighted by Crippen LogP contribution is 2.20. The summed E-state index contributed by atoms with van der Waals surface area (Å²) in [5.74, 6) is 0. The van der Waals surface area contributed by atoms with Crippen LogP contribution in [0.3, 0.4) is 0 Å². The van der Waals surface area contributed by atoms with E-state index in [4.69, 9.17) is 16.3 Å². The molecule has 25 heavy (non-hydrogen) atoms. The maximum absolute atomic E-state index is 5.66. The van der Waals surface area contributed by atoms with Gasteiger partial charge >= 0.3 is 6.01 Å². The van der Waals surface area contributed by atoms with Crippen LogP contribution in [0, 0.1) is 0 Å². The van der Waals surface area contributed by atoms with E-state index >= 15 is 0 Å². The van der Waals surface area contributed by atoms with Crippen molar-refractivity contribution in [1.82, 2.24) is 20.4 Å². The SMILES string of the molecule is Clc1nnc(OCc2cc3ccc2CCc2ccc(cc2)CC3)nn1. The van der Waals surface area contributed by atoms with Crippen molar-refractivity contribution in [1.29, 1.82) is 0 Å².